The average molecular weight is 636 g/mol. The molecule has 2 heterocycles. The molecule has 8 nitrogen and oxygen atoms in total. The molecule has 238 valence electrons. The normalized spacial score (nSPS) is 22.2. The van der Waals surface area contributed by atoms with Gasteiger partial charge in [0.1, 0.15) is 5.75 Å². The van der Waals surface area contributed by atoms with Crippen LogP contribution >= 0.6 is 0 Å². The summed E-state index contributed by atoms with van der Waals surface area (Å²) < 4.78 is 12.4. The van der Waals surface area contributed by atoms with Gasteiger partial charge in [-0.1, -0.05) is 67.7 Å². The number of hydrogen-bond acceptors (Lipinski definition) is 6. The summed E-state index contributed by atoms with van der Waals surface area (Å²) in [6.45, 7) is 7.15. The average Bonchev–Trinajstić information content (AvgIpc) is 3.49. The number of fused-ring (bicyclic) bond motifs is 2. The van der Waals surface area contributed by atoms with E-state index in [1.807, 2.05) is 65.6 Å². The van der Waals surface area contributed by atoms with Crippen molar-refractivity contribution >= 4 is 42.1 Å². The smallest absolute Gasteiger partial charge is 0.264 e. The molecule has 1 saturated heterocycles. The molecule has 1 fully saturated rings. The first kappa shape index (κ1) is 31.5. The molecular formula is C37H41N3O5Si. The molecule has 1 spiro atoms. The Morgan fingerprint density at radius 1 is 1.00 bits per heavy atom. The van der Waals surface area contributed by atoms with Crippen LogP contribution in [0, 0.1) is 5.92 Å². The molecule has 9 heteroatoms. The van der Waals surface area contributed by atoms with E-state index in [2.05, 4.69) is 37.5 Å². The summed E-state index contributed by atoms with van der Waals surface area (Å²) in [5.74, 6) is 0.378. The number of methoxy groups -OCH3 is 1. The molecule has 4 aromatic rings. The number of nitrogen functional groups attached to an aromatic ring is 1. The number of amides is 2. The van der Waals surface area contributed by atoms with E-state index in [4.69, 9.17) is 15.2 Å². The van der Waals surface area contributed by atoms with Crippen molar-refractivity contribution in [2.24, 2.45) is 5.92 Å². The summed E-state index contributed by atoms with van der Waals surface area (Å²) in [6.07, 6.45) is 0.187. The second-order valence-electron chi connectivity index (χ2n) is 12.9. The third kappa shape index (κ3) is 5.38. The zero-order chi connectivity index (χ0) is 32.6. The van der Waals surface area contributed by atoms with Crippen LogP contribution in [0.4, 0.5) is 17.1 Å². The highest BCUT2D eigenvalue weighted by molar-refractivity contribution is 6.91. The molecule has 4 N–H and O–H groups in total. The monoisotopic (exact) mass is 635 g/mol. The van der Waals surface area contributed by atoms with Gasteiger partial charge >= 0.3 is 0 Å². The molecule has 0 aliphatic carbocycles. The molecule has 2 aliphatic rings. The van der Waals surface area contributed by atoms with Crippen LogP contribution in [0.1, 0.15) is 34.8 Å². The van der Waals surface area contributed by atoms with Gasteiger partial charge in [0.05, 0.1) is 33.5 Å². The van der Waals surface area contributed by atoms with E-state index < -0.39 is 13.7 Å². The number of carbonyl (C=O) groups is 2. The quantitative estimate of drug-likeness (QED) is 0.161. The lowest BCUT2D eigenvalue weighted by atomic mass is 9.82. The molecule has 4 atom stereocenters. The van der Waals surface area contributed by atoms with Crippen LogP contribution in [-0.4, -0.2) is 44.8 Å². The molecule has 6 rings (SSSR count). The van der Waals surface area contributed by atoms with E-state index in [1.54, 1.807) is 31.4 Å². The molecule has 2 amide bonds. The van der Waals surface area contributed by atoms with Crippen molar-refractivity contribution in [2.75, 3.05) is 29.7 Å². The van der Waals surface area contributed by atoms with Crippen LogP contribution in [0.5, 0.6) is 5.75 Å². The number of aliphatic hydroxyl groups excluding tert-OH is 1. The van der Waals surface area contributed by atoms with Crippen molar-refractivity contribution in [3.05, 3.63) is 114 Å². The van der Waals surface area contributed by atoms with E-state index in [0.717, 1.165) is 22.6 Å². The minimum Gasteiger partial charge on any atom is -0.497 e. The van der Waals surface area contributed by atoms with E-state index in [-0.39, 0.29) is 36.0 Å². The summed E-state index contributed by atoms with van der Waals surface area (Å²) in [5.41, 5.74) is 9.09. The number of ether oxygens (including phenoxy) is 2. The zero-order valence-corrected chi connectivity index (χ0v) is 27.7. The number of rotatable bonds is 9. The summed E-state index contributed by atoms with van der Waals surface area (Å²) in [5, 5.41) is 14.3. The lowest BCUT2D eigenvalue weighted by Gasteiger charge is -2.37. The van der Waals surface area contributed by atoms with Crippen molar-refractivity contribution < 1.29 is 24.2 Å². The Kier molecular flexibility index (Phi) is 8.50. The number of anilines is 3. The molecule has 0 aromatic heterocycles. The Bertz CT molecular complexity index is 1730. The van der Waals surface area contributed by atoms with Crippen molar-refractivity contribution in [1.82, 2.24) is 0 Å². The Hall–Kier alpha value is -4.44. The van der Waals surface area contributed by atoms with Crippen LogP contribution in [0.2, 0.25) is 18.6 Å². The Morgan fingerprint density at radius 3 is 2.33 bits per heavy atom. The minimum absolute atomic E-state index is 0.0160. The Morgan fingerprint density at radius 2 is 1.67 bits per heavy atom. The van der Waals surface area contributed by atoms with Crippen LogP contribution in [0.25, 0.3) is 0 Å². The van der Waals surface area contributed by atoms with Gasteiger partial charge in [0.15, 0.2) is 5.60 Å². The summed E-state index contributed by atoms with van der Waals surface area (Å²) >= 11 is 0. The maximum Gasteiger partial charge on any atom is 0.264 e. The van der Waals surface area contributed by atoms with Gasteiger partial charge in [0.25, 0.3) is 11.8 Å². The SMILES string of the molecule is COc1ccc([Si](C)(C)[C@@H]2[C@@H](CCO)O[C@]3(C(=O)N(Cc4ccc(NC(=O)c5ccc(N)cc5)cc4)c4ccccc43)[C@H]2C)cc1. The number of benzene rings is 4. The number of nitrogens with two attached hydrogens (primary N) is 1. The largest absolute Gasteiger partial charge is 0.497 e. The van der Waals surface area contributed by atoms with Crippen LogP contribution in [0.3, 0.4) is 0 Å². The van der Waals surface area contributed by atoms with Gasteiger partial charge in [-0.25, -0.2) is 0 Å². The highest BCUT2D eigenvalue weighted by Gasteiger charge is 2.66. The highest BCUT2D eigenvalue weighted by Crippen LogP contribution is 2.60. The number of carbonyl (C=O) groups excluding carboxylic acids is 2. The topological polar surface area (TPSA) is 114 Å². The summed E-state index contributed by atoms with van der Waals surface area (Å²) in [6, 6.07) is 30.5. The van der Waals surface area contributed by atoms with Crippen molar-refractivity contribution in [2.45, 2.75) is 50.2 Å². The van der Waals surface area contributed by atoms with Crippen molar-refractivity contribution in [1.29, 1.82) is 0 Å². The number of hydrogen-bond donors (Lipinski definition) is 3. The Balaban J connectivity index is 1.28. The number of nitrogens with zero attached hydrogens (tertiary/aromatic N) is 1. The van der Waals surface area contributed by atoms with E-state index >= 15 is 0 Å². The standard InChI is InChI=1S/C37H41N3O5Si/c1-24-34(46(3,4)30-19-17-29(44-2)18-20-30)33(21-22-41)45-37(24)31-7-5-6-8-32(31)40(36(37)43)23-25-9-15-28(16-10-25)39-35(42)26-11-13-27(38)14-12-26/h5-20,24,33-34,41H,21-23,38H2,1-4H3,(H,39,42)/t24-,33+,34-,37+/m0/s1. The second kappa shape index (κ2) is 12.4. The molecule has 0 unspecified atom stereocenters. The van der Waals surface area contributed by atoms with Crippen molar-refractivity contribution in [3.63, 3.8) is 0 Å². The number of aliphatic hydroxyl groups is 1. The van der Waals surface area contributed by atoms with Crippen LogP contribution in [0.15, 0.2) is 97.1 Å². The molecule has 0 saturated carbocycles. The van der Waals surface area contributed by atoms with E-state index in [9.17, 15) is 14.7 Å². The fourth-order valence-electron chi connectivity index (χ4n) is 7.54. The Labute approximate surface area is 271 Å². The first-order valence-corrected chi connectivity index (χ1v) is 18.8. The zero-order valence-electron chi connectivity index (χ0n) is 26.7. The first-order chi connectivity index (χ1) is 22.1. The predicted molar refractivity (Wildman–Crippen MR) is 184 cm³/mol. The predicted octanol–water partition coefficient (Wildman–Crippen LogP) is 5.67. The van der Waals surface area contributed by atoms with E-state index in [0.29, 0.717) is 29.9 Å². The van der Waals surface area contributed by atoms with Gasteiger partial charge < -0.3 is 30.5 Å². The number of para-hydroxylation sites is 1. The maximum absolute atomic E-state index is 14.7. The third-order valence-corrected chi connectivity index (χ3v) is 14.2. The first-order valence-electron chi connectivity index (χ1n) is 15.7. The van der Waals surface area contributed by atoms with Crippen molar-refractivity contribution in [3.8, 4) is 5.75 Å². The van der Waals surface area contributed by atoms with Gasteiger partial charge in [-0.05, 0) is 72.1 Å². The van der Waals surface area contributed by atoms with Gasteiger partial charge in [-0.2, -0.15) is 0 Å². The maximum atomic E-state index is 14.7. The highest BCUT2D eigenvalue weighted by atomic mass is 28.3. The molecule has 4 aromatic carbocycles. The molecule has 46 heavy (non-hydrogen) atoms. The molecule has 0 bridgehead atoms. The van der Waals surface area contributed by atoms with Crippen LogP contribution in [-0.2, 0) is 21.7 Å². The summed E-state index contributed by atoms with van der Waals surface area (Å²) in [4.78, 5) is 29.2. The molecule has 2 aliphatic heterocycles. The lowest BCUT2D eigenvalue weighted by Crippen LogP contribution is -2.51. The van der Waals surface area contributed by atoms with Gasteiger partial charge in [0.2, 0.25) is 0 Å². The van der Waals surface area contributed by atoms with Gasteiger partial charge in [-0.15, -0.1) is 0 Å². The van der Waals surface area contributed by atoms with Gasteiger partial charge in [-0.3, -0.25) is 9.59 Å². The molecular weight excluding hydrogens is 595 g/mol. The van der Waals surface area contributed by atoms with Crippen LogP contribution < -0.4 is 25.9 Å². The molecule has 0 radical (unpaired) electrons. The number of nitrogens with one attached hydrogen (secondary N) is 1. The van der Waals surface area contributed by atoms with E-state index in [1.165, 1.54) is 5.19 Å². The fraction of sp³-hybridized carbons (Fsp3) is 0.297. The third-order valence-electron chi connectivity index (χ3n) is 9.88. The summed E-state index contributed by atoms with van der Waals surface area (Å²) in [7, 11) is -0.574. The minimum atomic E-state index is -2.24. The second-order valence-corrected chi connectivity index (χ2v) is 17.5. The van der Waals surface area contributed by atoms with Gasteiger partial charge in [0, 0.05) is 35.0 Å². The fourth-order valence-corrected chi connectivity index (χ4v) is 11.6. The lowest BCUT2D eigenvalue weighted by molar-refractivity contribution is -0.146.